The van der Waals surface area contributed by atoms with Gasteiger partial charge in [0.05, 0.1) is 11.3 Å². The van der Waals surface area contributed by atoms with E-state index in [4.69, 9.17) is 0 Å². The largest absolute Gasteiger partial charge is 0.329 e. The summed E-state index contributed by atoms with van der Waals surface area (Å²) >= 11 is 0. The van der Waals surface area contributed by atoms with Gasteiger partial charge in [0.2, 0.25) is 11.9 Å². The van der Waals surface area contributed by atoms with Crippen LogP contribution < -0.4 is 4.90 Å². The maximum absolute atomic E-state index is 14.5. The normalized spacial score (nSPS) is 23.4. The van der Waals surface area contributed by atoms with Crippen molar-refractivity contribution in [2.45, 2.75) is 38.1 Å². The number of halogens is 2. The number of rotatable bonds is 1. The van der Waals surface area contributed by atoms with E-state index in [2.05, 4.69) is 11.1 Å². The number of pyridine rings is 1. The second kappa shape index (κ2) is 6.69. The van der Waals surface area contributed by atoms with Crippen molar-refractivity contribution in [1.82, 2.24) is 9.88 Å². The number of nitrogens with zero attached hydrogens (tertiary/aromatic N) is 3. The van der Waals surface area contributed by atoms with Crippen LogP contribution in [0.5, 0.6) is 0 Å². The third-order valence-corrected chi connectivity index (χ3v) is 6.10. The number of carbonyl (C=O) groups excluding carboxylic acids is 1. The summed E-state index contributed by atoms with van der Waals surface area (Å²) in [5.74, 6) is -1.41. The molecule has 2 amide bonds. The fourth-order valence-corrected chi connectivity index (χ4v) is 4.82. The second-order valence-electron chi connectivity index (χ2n) is 7.79. The second-order valence-corrected chi connectivity index (χ2v) is 7.79. The monoisotopic (exact) mass is 381 g/mol. The smallest absolute Gasteiger partial charge is 0.294 e. The lowest BCUT2D eigenvalue weighted by atomic mass is 9.97. The van der Waals surface area contributed by atoms with Gasteiger partial charge in [-0.25, -0.2) is 4.79 Å². The molecule has 2 atom stereocenters. The molecule has 0 radical (unpaired) electrons. The van der Waals surface area contributed by atoms with E-state index in [9.17, 15) is 13.6 Å². The van der Waals surface area contributed by atoms with Gasteiger partial charge in [-0.15, -0.1) is 0 Å². The Bertz CT molecular complexity index is 974. The lowest BCUT2D eigenvalue weighted by Crippen LogP contribution is -2.49. The SMILES string of the molecule is O=C(N1CCCc2ccccc21)N1C(c2ccc(F)nc2F)=CC2CCC1C2. The number of para-hydroxylation sites is 1. The minimum absolute atomic E-state index is 0.0380. The Morgan fingerprint density at radius 3 is 2.82 bits per heavy atom. The van der Waals surface area contributed by atoms with Gasteiger partial charge in [0.25, 0.3) is 0 Å². The van der Waals surface area contributed by atoms with E-state index in [1.54, 1.807) is 9.80 Å². The molecule has 1 aromatic carbocycles. The van der Waals surface area contributed by atoms with Gasteiger partial charge in [0, 0.05) is 18.3 Å². The predicted octanol–water partition coefficient (Wildman–Crippen LogP) is 4.76. The summed E-state index contributed by atoms with van der Waals surface area (Å²) in [6.07, 6.45) is 6.57. The van der Waals surface area contributed by atoms with Crippen molar-refractivity contribution in [2.75, 3.05) is 11.4 Å². The van der Waals surface area contributed by atoms with Gasteiger partial charge >= 0.3 is 6.03 Å². The Morgan fingerprint density at radius 2 is 1.96 bits per heavy atom. The highest BCUT2D eigenvalue weighted by Crippen LogP contribution is 2.43. The summed E-state index contributed by atoms with van der Waals surface area (Å²) in [6, 6.07) is 10.4. The molecule has 2 aliphatic heterocycles. The van der Waals surface area contributed by atoms with E-state index in [-0.39, 0.29) is 17.6 Å². The van der Waals surface area contributed by atoms with Crippen molar-refractivity contribution < 1.29 is 13.6 Å². The molecule has 1 aromatic heterocycles. The van der Waals surface area contributed by atoms with E-state index < -0.39 is 11.9 Å². The van der Waals surface area contributed by atoms with Crippen molar-refractivity contribution in [3.63, 3.8) is 0 Å². The zero-order chi connectivity index (χ0) is 19.3. The first-order chi connectivity index (χ1) is 13.6. The van der Waals surface area contributed by atoms with Gasteiger partial charge in [0.1, 0.15) is 0 Å². The van der Waals surface area contributed by atoms with Crippen LogP contribution in [0.1, 0.15) is 36.8 Å². The van der Waals surface area contributed by atoms with Crippen LogP contribution in [0.25, 0.3) is 5.70 Å². The molecular weight excluding hydrogens is 360 g/mol. The number of urea groups is 1. The molecule has 3 heterocycles. The summed E-state index contributed by atoms with van der Waals surface area (Å²) in [4.78, 5) is 20.5. The van der Waals surface area contributed by atoms with Gasteiger partial charge in [0.15, 0.2) is 0 Å². The minimum Gasteiger partial charge on any atom is -0.294 e. The fraction of sp³-hybridized carbons (Fsp3) is 0.364. The Hall–Kier alpha value is -2.76. The molecule has 0 spiro atoms. The van der Waals surface area contributed by atoms with Crippen LogP contribution in [0.2, 0.25) is 0 Å². The van der Waals surface area contributed by atoms with Crippen molar-refractivity contribution in [1.29, 1.82) is 0 Å². The van der Waals surface area contributed by atoms with Crippen LogP contribution in [0, 0.1) is 17.8 Å². The van der Waals surface area contributed by atoms with Gasteiger partial charge in [-0.2, -0.15) is 13.8 Å². The van der Waals surface area contributed by atoms with E-state index in [0.29, 0.717) is 18.2 Å². The van der Waals surface area contributed by atoms with Gasteiger partial charge in [-0.05, 0) is 61.8 Å². The van der Waals surface area contributed by atoms with E-state index in [1.807, 2.05) is 24.3 Å². The summed E-state index contributed by atoms with van der Waals surface area (Å²) in [7, 11) is 0. The average molecular weight is 381 g/mol. The molecular formula is C22H21F2N3O. The number of carbonyl (C=O) groups is 1. The highest BCUT2D eigenvalue weighted by atomic mass is 19.1. The third kappa shape index (κ3) is 2.79. The first kappa shape index (κ1) is 17.3. The number of hydrogen-bond acceptors (Lipinski definition) is 2. The number of allylic oxidation sites excluding steroid dienone is 1. The molecule has 3 aliphatic rings. The number of anilines is 1. The quantitative estimate of drug-likeness (QED) is 0.668. The summed E-state index contributed by atoms with van der Waals surface area (Å²) in [6.45, 7) is 0.639. The molecule has 1 aliphatic carbocycles. The highest BCUT2D eigenvalue weighted by Gasteiger charge is 2.41. The molecule has 1 fully saturated rings. The van der Waals surface area contributed by atoms with E-state index in [0.717, 1.165) is 49.4 Å². The standard InChI is InChI=1S/C22H21F2N3O/c23-20-10-9-17(21(24)25-20)19-13-14-7-8-16(12-14)27(19)22(28)26-11-3-5-15-4-1-2-6-18(15)26/h1-2,4,6,9-10,13-14,16H,3,5,7-8,11-12H2. The predicted molar refractivity (Wildman–Crippen MR) is 103 cm³/mol. The van der Waals surface area contributed by atoms with Crippen molar-refractivity contribution in [2.24, 2.45) is 5.92 Å². The topological polar surface area (TPSA) is 36.4 Å². The molecule has 0 saturated heterocycles. The minimum atomic E-state index is -0.871. The van der Waals surface area contributed by atoms with E-state index in [1.165, 1.54) is 6.07 Å². The molecule has 2 unspecified atom stereocenters. The number of aryl methyl sites for hydroxylation is 1. The molecule has 1 saturated carbocycles. The maximum atomic E-state index is 14.5. The first-order valence-corrected chi connectivity index (χ1v) is 9.84. The third-order valence-electron chi connectivity index (χ3n) is 6.10. The average Bonchev–Trinajstić information content (AvgIpc) is 3.08. The Labute approximate surface area is 162 Å². The Morgan fingerprint density at radius 1 is 1.11 bits per heavy atom. The van der Waals surface area contributed by atoms with Crippen LogP contribution in [-0.2, 0) is 6.42 Å². The lowest BCUT2D eigenvalue weighted by molar-refractivity contribution is 0.208. The molecule has 2 bridgehead atoms. The number of benzene rings is 1. The van der Waals surface area contributed by atoms with Crippen LogP contribution in [-0.4, -0.2) is 28.5 Å². The van der Waals surface area contributed by atoms with Crippen LogP contribution in [0.3, 0.4) is 0 Å². The Balaban J connectivity index is 1.56. The number of fused-ring (bicyclic) bond motifs is 3. The molecule has 0 N–H and O–H groups in total. The van der Waals surface area contributed by atoms with Crippen molar-refractivity contribution in [3.8, 4) is 0 Å². The molecule has 4 nitrogen and oxygen atoms in total. The highest BCUT2D eigenvalue weighted by molar-refractivity contribution is 5.99. The molecule has 144 valence electrons. The number of aromatic nitrogens is 1. The van der Waals surface area contributed by atoms with Gasteiger partial charge in [-0.3, -0.25) is 9.80 Å². The van der Waals surface area contributed by atoms with Crippen LogP contribution in [0.15, 0.2) is 42.5 Å². The van der Waals surface area contributed by atoms with Crippen molar-refractivity contribution in [3.05, 3.63) is 65.5 Å². The number of amides is 2. The summed E-state index contributed by atoms with van der Waals surface area (Å²) < 4.78 is 27.8. The molecule has 2 aromatic rings. The molecule has 6 heteroatoms. The summed E-state index contributed by atoms with van der Waals surface area (Å²) in [5, 5.41) is 0. The summed E-state index contributed by atoms with van der Waals surface area (Å²) in [5.41, 5.74) is 2.80. The zero-order valence-corrected chi connectivity index (χ0v) is 15.4. The van der Waals surface area contributed by atoms with Crippen LogP contribution in [0.4, 0.5) is 19.3 Å². The fourth-order valence-electron chi connectivity index (χ4n) is 4.82. The Kier molecular flexibility index (Phi) is 4.14. The van der Waals surface area contributed by atoms with E-state index >= 15 is 0 Å². The zero-order valence-electron chi connectivity index (χ0n) is 15.4. The van der Waals surface area contributed by atoms with Crippen LogP contribution >= 0.6 is 0 Å². The van der Waals surface area contributed by atoms with Gasteiger partial charge < -0.3 is 0 Å². The van der Waals surface area contributed by atoms with Crippen molar-refractivity contribution >= 4 is 17.4 Å². The van der Waals surface area contributed by atoms with Gasteiger partial charge in [-0.1, -0.05) is 24.3 Å². The molecule has 5 rings (SSSR count). The number of hydrogen-bond donors (Lipinski definition) is 0. The maximum Gasteiger partial charge on any atom is 0.329 e. The first-order valence-electron chi connectivity index (χ1n) is 9.84. The molecule has 28 heavy (non-hydrogen) atoms. The lowest BCUT2D eigenvalue weighted by Gasteiger charge is -2.40.